The Labute approximate surface area is 221 Å². The van der Waals surface area contributed by atoms with Crippen molar-refractivity contribution in [1.82, 2.24) is 4.98 Å². The van der Waals surface area contributed by atoms with Gasteiger partial charge in [-0.15, -0.1) is 18.8 Å². The molecule has 1 spiro atoms. The van der Waals surface area contributed by atoms with Gasteiger partial charge in [0, 0.05) is 30.6 Å². The first-order valence-corrected chi connectivity index (χ1v) is 12.9. The van der Waals surface area contributed by atoms with Crippen molar-refractivity contribution in [2.75, 3.05) is 13.7 Å². The maximum absolute atomic E-state index is 5.62. The molecule has 0 radical (unpaired) electrons. The van der Waals surface area contributed by atoms with Crippen LogP contribution in [0.4, 0.5) is 0 Å². The van der Waals surface area contributed by atoms with Crippen LogP contribution in [0.25, 0.3) is 5.57 Å². The van der Waals surface area contributed by atoms with Crippen molar-refractivity contribution in [3.63, 3.8) is 0 Å². The smallest absolute Gasteiger partial charge is 0.0571 e. The molecule has 0 aromatic carbocycles. The number of aromatic nitrogens is 1. The van der Waals surface area contributed by atoms with E-state index >= 15 is 0 Å². The Balaban J connectivity index is 0.000000710. The highest BCUT2D eigenvalue weighted by Gasteiger charge is 2.54. The second kappa shape index (κ2) is 13.6. The summed E-state index contributed by atoms with van der Waals surface area (Å²) in [5, 5.41) is 0. The molecule has 2 N–H and O–H groups in total. The van der Waals surface area contributed by atoms with Crippen LogP contribution in [0, 0.1) is 40.9 Å². The third kappa shape index (κ3) is 7.70. The predicted molar refractivity (Wildman–Crippen MR) is 156 cm³/mol. The SMILES string of the molecule is C#C.C=C1CC2(CCC(OC)CC2)C(C)(C)/C1=C/C(=C\C)c1cncc(C#CC)c1.CC(C)(C)CN. The summed E-state index contributed by atoms with van der Waals surface area (Å²) in [6.07, 6.45) is 22.5. The number of allylic oxidation sites excluding steroid dienone is 5. The molecule has 2 fully saturated rings. The molecule has 196 valence electrons. The van der Waals surface area contributed by atoms with E-state index in [1.54, 1.807) is 0 Å². The highest BCUT2D eigenvalue weighted by Crippen LogP contribution is 2.64. The molecule has 0 saturated heterocycles. The summed E-state index contributed by atoms with van der Waals surface area (Å²) in [6.45, 7) is 20.4. The number of nitrogens with zero attached hydrogens (tertiary/aromatic N) is 1. The first-order chi connectivity index (χ1) is 16.9. The third-order valence-electron chi connectivity index (χ3n) is 7.72. The lowest BCUT2D eigenvalue weighted by Gasteiger charge is -2.46. The highest BCUT2D eigenvalue weighted by atomic mass is 16.5. The number of hydrogen-bond donors (Lipinski definition) is 1. The van der Waals surface area contributed by atoms with E-state index in [-0.39, 0.29) is 5.41 Å². The Morgan fingerprint density at radius 1 is 1.25 bits per heavy atom. The van der Waals surface area contributed by atoms with Crippen LogP contribution < -0.4 is 5.73 Å². The number of methoxy groups -OCH3 is 1. The third-order valence-corrected chi connectivity index (χ3v) is 7.72. The molecule has 2 aliphatic rings. The van der Waals surface area contributed by atoms with Gasteiger partial charge >= 0.3 is 0 Å². The summed E-state index contributed by atoms with van der Waals surface area (Å²) in [5.41, 5.74) is 12.0. The summed E-state index contributed by atoms with van der Waals surface area (Å²) >= 11 is 0. The molecule has 2 aliphatic carbocycles. The molecule has 0 aliphatic heterocycles. The van der Waals surface area contributed by atoms with Crippen molar-refractivity contribution in [1.29, 1.82) is 0 Å². The van der Waals surface area contributed by atoms with Crippen LogP contribution in [0.2, 0.25) is 0 Å². The standard InChI is InChI=1S/C26H33NO.C5H13N.C2H2/c1-7-9-20-14-22(18-27-17-20)21(8-2)15-24-19(3)16-26(25(24,4)5)12-10-23(28-6)11-13-26;1-5(2,3)4-6;1-2/h8,14-15,17-18,23H,3,10-13,16H2,1-2,4-6H3;4,6H2,1-3H3;1-2H/b21-8+,24-15+;;. The van der Waals surface area contributed by atoms with Crippen molar-refractivity contribution in [3.8, 4) is 24.7 Å². The van der Waals surface area contributed by atoms with E-state index in [9.17, 15) is 0 Å². The molecule has 3 nitrogen and oxygen atoms in total. The van der Waals surface area contributed by atoms with Crippen molar-refractivity contribution >= 4 is 5.57 Å². The lowest BCUT2D eigenvalue weighted by atomic mass is 9.59. The molecule has 1 aromatic heterocycles. The van der Waals surface area contributed by atoms with Gasteiger partial charge in [-0.2, -0.15) is 0 Å². The van der Waals surface area contributed by atoms with Gasteiger partial charge in [0.25, 0.3) is 0 Å². The predicted octanol–water partition coefficient (Wildman–Crippen LogP) is 7.58. The molecule has 2 saturated carbocycles. The monoisotopic (exact) mass is 488 g/mol. The highest BCUT2D eigenvalue weighted by molar-refractivity contribution is 5.76. The first kappa shape index (κ1) is 31.4. The molecule has 0 bridgehead atoms. The maximum atomic E-state index is 5.62. The van der Waals surface area contributed by atoms with E-state index in [1.165, 1.54) is 29.6 Å². The maximum Gasteiger partial charge on any atom is 0.0571 e. The first-order valence-electron chi connectivity index (χ1n) is 12.9. The zero-order valence-electron chi connectivity index (χ0n) is 24.0. The molecule has 3 heteroatoms. The van der Waals surface area contributed by atoms with Crippen molar-refractivity contribution in [3.05, 3.63) is 59.5 Å². The summed E-state index contributed by atoms with van der Waals surface area (Å²) in [5.74, 6) is 6.07. The molecular formula is C33H48N2O. The Bertz CT molecular complexity index is 1010. The summed E-state index contributed by atoms with van der Waals surface area (Å²) in [7, 11) is 1.84. The number of ether oxygens (including phenoxy) is 1. The molecule has 36 heavy (non-hydrogen) atoms. The van der Waals surface area contributed by atoms with Gasteiger partial charge < -0.3 is 10.5 Å². The Morgan fingerprint density at radius 2 is 1.83 bits per heavy atom. The Hall–Kier alpha value is -2.59. The summed E-state index contributed by atoms with van der Waals surface area (Å²) in [6, 6.07) is 2.13. The van der Waals surface area contributed by atoms with E-state index in [4.69, 9.17) is 10.5 Å². The van der Waals surface area contributed by atoms with E-state index in [0.29, 0.717) is 16.9 Å². The number of hydrogen-bond acceptors (Lipinski definition) is 3. The lowest BCUT2D eigenvalue weighted by Crippen LogP contribution is -2.39. The average Bonchev–Trinajstić information content (AvgIpc) is 3.03. The molecule has 0 amide bonds. The Kier molecular flexibility index (Phi) is 11.9. The van der Waals surface area contributed by atoms with Crippen molar-refractivity contribution in [2.24, 2.45) is 22.0 Å². The second-order valence-electron chi connectivity index (χ2n) is 11.5. The number of pyridine rings is 1. The second-order valence-corrected chi connectivity index (χ2v) is 11.5. The minimum Gasteiger partial charge on any atom is -0.381 e. The van der Waals surface area contributed by atoms with Gasteiger partial charge in [0.05, 0.1) is 6.10 Å². The number of terminal acetylenes is 1. The molecule has 3 rings (SSSR count). The van der Waals surface area contributed by atoms with Crippen LogP contribution in [-0.4, -0.2) is 24.7 Å². The topological polar surface area (TPSA) is 48.1 Å². The summed E-state index contributed by atoms with van der Waals surface area (Å²) in [4.78, 5) is 4.39. The number of rotatable bonds is 3. The quantitative estimate of drug-likeness (QED) is 0.446. The van der Waals surface area contributed by atoms with E-state index < -0.39 is 0 Å². The van der Waals surface area contributed by atoms with Crippen LogP contribution in [0.3, 0.4) is 0 Å². The average molecular weight is 489 g/mol. The fraction of sp³-hybridized carbons (Fsp3) is 0.545. The van der Waals surface area contributed by atoms with Gasteiger partial charge in [-0.1, -0.05) is 64.8 Å². The fourth-order valence-electron chi connectivity index (χ4n) is 5.22. The fourth-order valence-corrected chi connectivity index (χ4v) is 5.22. The van der Waals surface area contributed by atoms with Crippen LogP contribution in [0.1, 0.15) is 91.7 Å². The minimum absolute atomic E-state index is 0.102. The van der Waals surface area contributed by atoms with Crippen LogP contribution in [0.5, 0.6) is 0 Å². The number of nitrogens with two attached hydrogens (primary N) is 1. The van der Waals surface area contributed by atoms with E-state index in [1.807, 2.05) is 26.4 Å². The summed E-state index contributed by atoms with van der Waals surface area (Å²) < 4.78 is 5.62. The Morgan fingerprint density at radius 3 is 2.31 bits per heavy atom. The lowest BCUT2D eigenvalue weighted by molar-refractivity contribution is -0.00565. The molecule has 1 aromatic rings. The zero-order chi connectivity index (χ0) is 27.6. The normalized spacial score (nSPS) is 24.2. The van der Waals surface area contributed by atoms with Crippen molar-refractivity contribution in [2.45, 2.75) is 86.7 Å². The van der Waals surface area contributed by atoms with Crippen molar-refractivity contribution < 1.29 is 4.74 Å². The zero-order valence-corrected chi connectivity index (χ0v) is 24.0. The van der Waals surface area contributed by atoms with E-state index in [2.05, 4.69) is 96.0 Å². The van der Waals surface area contributed by atoms with Crippen LogP contribution in [-0.2, 0) is 4.74 Å². The van der Waals surface area contributed by atoms with Gasteiger partial charge in [-0.25, -0.2) is 0 Å². The minimum atomic E-state index is 0.102. The molecular weight excluding hydrogens is 440 g/mol. The van der Waals surface area contributed by atoms with Gasteiger partial charge in [0.1, 0.15) is 0 Å². The largest absolute Gasteiger partial charge is 0.381 e. The van der Waals surface area contributed by atoms with Crippen LogP contribution in [0.15, 0.2) is 48.3 Å². The van der Waals surface area contributed by atoms with Gasteiger partial charge in [0.15, 0.2) is 0 Å². The van der Waals surface area contributed by atoms with Crippen LogP contribution >= 0.6 is 0 Å². The molecule has 1 heterocycles. The molecule has 0 atom stereocenters. The molecule has 0 unspecified atom stereocenters. The van der Waals surface area contributed by atoms with Gasteiger partial charge in [-0.3, -0.25) is 4.98 Å². The van der Waals surface area contributed by atoms with Gasteiger partial charge in [0.2, 0.25) is 0 Å². The van der Waals surface area contributed by atoms with E-state index in [0.717, 1.165) is 36.9 Å². The van der Waals surface area contributed by atoms with Gasteiger partial charge in [-0.05, 0) is 86.0 Å².